The van der Waals surface area contributed by atoms with Crippen molar-refractivity contribution in [3.8, 4) is 0 Å². The molecule has 0 saturated heterocycles. The molecule has 4 aliphatic rings. The molecule has 3 heteroatoms. The molecule has 7 atom stereocenters. The van der Waals surface area contributed by atoms with Crippen LogP contribution in [-0.2, 0) is 0 Å². The van der Waals surface area contributed by atoms with Crippen molar-refractivity contribution in [2.45, 2.75) is 57.8 Å². The van der Waals surface area contributed by atoms with E-state index in [0.29, 0.717) is 18.3 Å². The topological polar surface area (TPSA) is 60.7 Å². The number of hydrogen-bond acceptors (Lipinski definition) is 3. The van der Waals surface area contributed by atoms with Gasteiger partial charge < -0.3 is 15.3 Å². The normalized spacial score (nSPS) is 53.2. The molecule has 0 amide bonds. The molecule has 0 aromatic heterocycles. The Kier molecular flexibility index (Phi) is 3.04. The number of hydrogen-bond donors (Lipinski definition) is 3. The lowest BCUT2D eigenvalue weighted by Crippen LogP contribution is -2.50. The highest BCUT2D eigenvalue weighted by molar-refractivity contribution is 5.46. The molecule has 0 spiro atoms. The third-order valence-corrected chi connectivity index (χ3v) is 7.05. The van der Waals surface area contributed by atoms with Crippen molar-refractivity contribution in [3.05, 3.63) is 35.5 Å². The average Bonchev–Trinajstić information content (AvgIpc) is 2.77. The first-order valence-electron chi connectivity index (χ1n) is 8.52. The Morgan fingerprint density at radius 1 is 1.09 bits per heavy atom. The van der Waals surface area contributed by atoms with Crippen LogP contribution in [0, 0.1) is 22.7 Å². The molecule has 0 aromatic rings. The van der Waals surface area contributed by atoms with Crippen molar-refractivity contribution in [2.75, 3.05) is 0 Å². The summed E-state index contributed by atoms with van der Waals surface area (Å²) < 4.78 is 0. The summed E-state index contributed by atoms with van der Waals surface area (Å²) in [5.41, 5.74) is 2.11. The van der Waals surface area contributed by atoms with Gasteiger partial charge in [0.25, 0.3) is 0 Å². The van der Waals surface area contributed by atoms with Crippen molar-refractivity contribution in [3.63, 3.8) is 0 Å². The van der Waals surface area contributed by atoms with E-state index >= 15 is 0 Å². The van der Waals surface area contributed by atoms with Gasteiger partial charge in [-0.1, -0.05) is 38.2 Å². The fraction of sp³-hybridized carbons (Fsp3) is 0.684. The van der Waals surface area contributed by atoms with E-state index in [-0.39, 0.29) is 16.9 Å². The van der Waals surface area contributed by atoms with Gasteiger partial charge in [-0.05, 0) is 54.1 Å². The van der Waals surface area contributed by atoms with Crippen molar-refractivity contribution in [2.24, 2.45) is 22.7 Å². The highest BCUT2D eigenvalue weighted by Crippen LogP contribution is 2.61. The van der Waals surface area contributed by atoms with Crippen LogP contribution in [0.3, 0.4) is 0 Å². The Labute approximate surface area is 132 Å². The smallest absolute Gasteiger partial charge is 0.0817 e. The summed E-state index contributed by atoms with van der Waals surface area (Å²) >= 11 is 0. The Balaban J connectivity index is 1.84. The molecular weight excluding hydrogens is 276 g/mol. The number of aliphatic hydroxyl groups is 3. The van der Waals surface area contributed by atoms with Crippen LogP contribution in [0.15, 0.2) is 35.5 Å². The van der Waals surface area contributed by atoms with E-state index in [9.17, 15) is 15.3 Å². The molecule has 0 heterocycles. The third-order valence-electron chi connectivity index (χ3n) is 7.05. The maximum atomic E-state index is 10.8. The fourth-order valence-corrected chi connectivity index (χ4v) is 5.53. The number of rotatable bonds is 0. The molecule has 0 aliphatic heterocycles. The van der Waals surface area contributed by atoms with Gasteiger partial charge in [0.1, 0.15) is 0 Å². The SMILES string of the molecule is C[C@]12CC[C@@H]3C(=C1C=CC2O)C(O)CC1CC(O)C=C[C@@]13C. The van der Waals surface area contributed by atoms with E-state index in [1.807, 2.05) is 18.2 Å². The van der Waals surface area contributed by atoms with Gasteiger partial charge >= 0.3 is 0 Å². The monoisotopic (exact) mass is 302 g/mol. The zero-order valence-electron chi connectivity index (χ0n) is 13.4. The molecule has 4 rings (SSSR count). The van der Waals surface area contributed by atoms with Crippen LogP contribution in [0.5, 0.6) is 0 Å². The van der Waals surface area contributed by atoms with Gasteiger partial charge in [0.15, 0.2) is 0 Å². The van der Waals surface area contributed by atoms with Crippen LogP contribution >= 0.6 is 0 Å². The molecule has 120 valence electrons. The van der Waals surface area contributed by atoms with E-state index in [4.69, 9.17) is 0 Å². The summed E-state index contributed by atoms with van der Waals surface area (Å²) in [5.74, 6) is 0.652. The summed E-state index contributed by atoms with van der Waals surface area (Å²) in [6.07, 6.45) is 10.2. The predicted molar refractivity (Wildman–Crippen MR) is 85.0 cm³/mol. The molecular formula is C19H26O3. The van der Waals surface area contributed by atoms with E-state index < -0.39 is 12.2 Å². The molecule has 22 heavy (non-hydrogen) atoms. The van der Waals surface area contributed by atoms with E-state index in [0.717, 1.165) is 24.8 Å². The molecule has 3 N–H and O–H groups in total. The van der Waals surface area contributed by atoms with E-state index in [2.05, 4.69) is 19.9 Å². The lowest BCUT2D eigenvalue weighted by molar-refractivity contribution is -0.00806. The average molecular weight is 302 g/mol. The minimum absolute atomic E-state index is 0.0174. The van der Waals surface area contributed by atoms with Gasteiger partial charge in [0.2, 0.25) is 0 Å². The van der Waals surface area contributed by atoms with E-state index in [1.54, 1.807) is 0 Å². The zero-order chi connectivity index (χ0) is 15.7. The van der Waals surface area contributed by atoms with Crippen LogP contribution in [0.1, 0.15) is 39.5 Å². The van der Waals surface area contributed by atoms with Crippen molar-refractivity contribution >= 4 is 0 Å². The fourth-order valence-electron chi connectivity index (χ4n) is 5.53. The summed E-state index contributed by atoms with van der Waals surface area (Å²) in [4.78, 5) is 0. The molecule has 1 saturated carbocycles. The molecule has 3 nitrogen and oxygen atoms in total. The third kappa shape index (κ3) is 1.73. The zero-order valence-corrected chi connectivity index (χ0v) is 13.4. The minimum Gasteiger partial charge on any atom is -0.389 e. The van der Waals surface area contributed by atoms with E-state index in [1.165, 1.54) is 5.57 Å². The first-order chi connectivity index (χ1) is 10.4. The summed E-state index contributed by atoms with van der Waals surface area (Å²) in [7, 11) is 0. The quantitative estimate of drug-likeness (QED) is 0.602. The molecule has 4 unspecified atom stereocenters. The van der Waals surface area contributed by atoms with Crippen molar-refractivity contribution in [1.29, 1.82) is 0 Å². The Morgan fingerprint density at radius 2 is 1.86 bits per heavy atom. The lowest BCUT2D eigenvalue weighted by atomic mass is 9.50. The first-order valence-corrected chi connectivity index (χ1v) is 8.52. The molecule has 1 fully saturated rings. The van der Waals surface area contributed by atoms with Crippen LogP contribution < -0.4 is 0 Å². The maximum Gasteiger partial charge on any atom is 0.0817 e. The van der Waals surface area contributed by atoms with Gasteiger partial charge in [-0.2, -0.15) is 0 Å². The molecule has 4 aliphatic carbocycles. The van der Waals surface area contributed by atoms with Crippen LogP contribution in [0.2, 0.25) is 0 Å². The minimum atomic E-state index is -0.439. The second kappa shape index (κ2) is 4.56. The Morgan fingerprint density at radius 3 is 2.64 bits per heavy atom. The van der Waals surface area contributed by atoms with Crippen LogP contribution in [0.4, 0.5) is 0 Å². The highest BCUT2D eigenvalue weighted by atomic mass is 16.3. The standard InChI is InChI=1S/C19H26O3/c1-18-7-5-12(20)9-11(18)10-15(21)17-13-3-4-16(22)19(13,2)8-6-14(17)18/h3-5,7,11-12,14-16,20-22H,6,8-10H2,1-2H3/t11?,12?,14-,15?,16?,18+,19+/m1/s1. The highest BCUT2D eigenvalue weighted by Gasteiger charge is 2.55. The van der Waals surface area contributed by atoms with Gasteiger partial charge in [-0.3, -0.25) is 0 Å². The van der Waals surface area contributed by atoms with Gasteiger partial charge in [-0.25, -0.2) is 0 Å². The molecule has 0 bridgehead atoms. The summed E-state index contributed by atoms with van der Waals surface area (Å²) in [6, 6.07) is 0. The van der Waals surface area contributed by atoms with Crippen LogP contribution in [-0.4, -0.2) is 33.6 Å². The maximum absolute atomic E-state index is 10.8. The lowest BCUT2D eigenvalue weighted by Gasteiger charge is -2.55. The van der Waals surface area contributed by atoms with Gasteiger partial charge in [0.05, 0.1) is 18.3 Å². The van der Waals surface area contributed by atoms with Crippen LogP contribution in [0.25, 0.3) is 0 Å². The Hall–Kier alpha value is -0.900. The second-order valence-corrected chi connectivity index (χ2v) is 8.16. The molecule has 0 radical (unpaired) electrons. The Bertz CT molecular complexity index is 589. The molecule has 0 aromatic carbocycles. The number of aliphatic hydroxyl groups excluding tert-OH is 3. The number of allylic oxidation sites excluding steroid dienone is 2. The number of fused-ring (bicyclic) bond motifs is 4. The first kappa shape index (κ1) is 14.7. The largest absolute Gasteiger partial charge is 0.389 e. The van der Waals surface area contributed by atoms with Gasteiger partial charge in [-0.15, -0.1) is 0 Å². The van der Waals surface area contributed by atoms with Crippen molar-refractivity contribution in [1.82, 2.24) is 0 Å². The van der Waals surface area contributed by atoms with Crippen molar-refractivity contribution < 1.29 is 15.3 Å². The summed E-state index contributed by atoms with van der Waals surface area (Å²) in [5, 5.41) is 31.1. The second-order valence-electron chi connectivity index (χ2n) is 8.16. The predicted octanol–water partition coefficient (Wildman–Crippen LogP) is 2.34. The summed E-state index contributed by atoms with van der Waals surface area (Å²) in [6.45, 7) is 4.41. The van der Waals surface area contributed by atoms with Gasteiger partial charge in [0, 0.05) is 5.41 Å².